The standard InChI is InChI=1S/C14H37NSi3/c1-10-18(11-2,12-3)14-13-15(16(4,5)6)17(7,8)9/h10-14H2,1-9H3. The van der Waals surface area contributed by atoms with Gasteiger partial charge in [-0.2, -0.15) is 0 Å². The molecule has 0 radical (unpaired) electrons. The minimum atomic E-state index is -1.14. The van der Waals surface area contributed by atoms with Crippen LogP contribution >= 0.6 is 0 Å². The molecule has 110 valence electrons. The van der Waals surface area contributed by atoms with Crippen molar-refractivity contribution in [3.8, 4) is 0 Å². The average molecular weight is 304 g/mol. The second-order valence-corrected chi connectivity index (χ2v) is 23.6. The molecule has 0 saturated carbocycles. The molecule has 0 N–H and O–H groups in total. The maximum atomic E-state index is 2.97. The molecule has 0 bridgehead atoms. The van der Waals surface area contributed by atoms with E-state index in [-0.39, 0.29) is 0 Å². The molecule has 4 heteroatoms. The first-order valence-corrected chi connectivity index (χ1v) is 17.5. The molecular formula is C14H37NSi3. The lowest BCUT2D eigenvalue weighted by molar-refractivity contribution is 0.642. The normalized spacial score (nSPS) is 14.3. The monoisotopic (exact) mass is 303 g/mol. The first-order chi connectivity index (χ1) is 8.02. The van der Waals surface area contributed by atoms with Crippen LogP contribution in [0.1, 0.15) is 20.8 Å². The Bertz CT molecular complexity index is 214. The molecule has 0 aromatic heterocycles. The van der Waals surface area contributed by atoms with Gasteiger partial charge >= 0.3 is 0 Å². The van der Waals surface area contributed by atoms with Gasteiger partial charge in [0.2, 0.25) is 0 Å². The number of hydrogen-bond donors (Lipinski definition) is 0. The molecule has 0 aliphatic heterocycles. The van der Waals surface area contributed by atoms with E-state index in [4.69, 9.17) is 0 Å². The van der Waals surface area contributed by atoms with Gasteiger partial charge < -0.3 is 4.23 Å². The quantitative estimate of drug-likeness (QED) is 0.538. The number of hydrogen-bond acceptors (Lipinski definition) is 1. The summed E-state index contributed by atoms with van der Waals surface area (Å²) in [6.45, 7) is 23.9. The van der Waals surface area contributed by atoms with E-state index in [9.17, 15) is 0 Å². The van der Waals surface area contributed by atoms with Gasteiger partial charge in [-0.1, -0.05) is 78.2 Å². The maximum absolute atomic E-state index is 2.97. The largest absolute Gasteiger partial charge is 0.346 e. The van der Waals surface area contributed by atoms with Gasteiger partial charge in [0.15, 0.2) is 0 Å². The molecule has 0 rings (SSSR count). The molecule has 0 aromatic rings. The van der Waals surface area contributed by atoms with Gasteiger partial charge in [0.25, 0.3) is 0 Å². The van der Waals surface area contributed by atoms with Crippen molar-refractivity contribution in [2.24, 2.45) is 0 Å². The van der Waals surface area contributed by atoms with Gasteiger partial charge in [0, 0.05) is 0 Å². The van der Waals surface area contributed by atoms with E-state index in [1.165, 1.54) is 30.7 Å². The Morgan fingerprint density at radius 2 is 1.00 bits per heavy atom. The van der Waals surface area contributed by atoms with Crippen LogP contribution in [0.2, 0.25) is 63.5 Å². The average Bonchev–Trinajstić information content (AvgIpc) is 2.21. The van der Waals surface area contributed by atoms with Crippen LogP contribution in [0.3, 0.4) is 0 Å². The molecule has 0 saturated heterocycles. The minimum absolute atomic E-state index is 0.935. The van der Waals surface area contributed by atoms with Crippen LogP contribution in [0, 0.1) is 0 Å². The SMILES string of the molecule is CC[Si](CC)(CC)CCN([Si](C)(C)C)[Si](C)(C)C. The Morgan fingerprint density at radius 1 is 0.667 bits per heavy atom. The highest BCUT2D eigenvalue weighted by Gasteiger charge is 2.36. The van der Waals surface area contributed by atoms with Gasteiger partial charge in [0.1, 0.15) is 16.5 Å². The zero-order chi connectivity index (χ0) is 14.6. The predicted octanol–water partition coefficient (Wildman–Crippen LogP) is 5.47. The molecule has 0 spiro atoms. The van der Waals surface area contributed by atoms with Crippen molar-refractivity contribution in [1.82, 2.24) is 4.23 Å². The lowest BCUT2D eigenvalue weighted by Gasteiger charge is -2.45. The van der Waals surface area contributed by atoms with Gasteiger partial charge in [-0.3, -0.25) is 0 Å². The number of rotatable bonds is 8. The lowest BCUT2D eigenvalue weighted by atomic mass is 10.8. The van der Waals surface area contributed by atoms with Crippen molar-refractivity contribution >= 4 is 24.5 Å². The van der Waals surface area contributed by atoms with Crippen molar-refractivity contribution in [2.75, 3.05) is 6.54 Å². The van der Waals surface area contributed by atoms with Crippen LogP contribution in [0.5, 0.6) is 0 Å². The fraction of sp³-hybridized carbons (Fsp3) is 1.00. The first-order valence-electron chi connectivity index (χ1n) is 7.80. The predicted molar refractivity (Wildman–Crippen MR) is 95.4 cm³/mol. The van der Waals surface area contributed by atoms with Crippen molar-refractivity contribution in [3.05, 3.63) is 0 Å². The van der Waals surface area contributed by atoms with Crippen molar-refractivity contribution < 1.29 is 0 Å². The molecule has 0 fully saturated rings. The Labute approximate surface area is 120 Å². The fourth-order valence-electron chi connectivity index (χ4n) is 3.31. The van der Waals surface area contributed by atoms with E-state index in [1.54, 1.807) is 0 Å². The van der Waals surface area contributed by atoms with Crippen LogP contribution in [0.25, 0.3) is 0 Å². The van der Waals surface area contributed by atoms with E-state index in [0.29, 0.717) is 0 Å². The summed E-state index contributed by atoms with van der Waals surface area (Å²) in [6.07, 6.45) is 0. The fourth-order valence-corrected chi connectivity index (χ4v) is 16.6. The summed E-state index contributed by atoms with van der Waals surface area (Å²) in [7, 11) is -3.22. The third-order valence-electron chi connectivity index (χ3n) is 4.74. The topological polar surface area (TPSA) is 3.24 Å². The van der Waals surface area contributed by atoms with E-state index in [2.05, 4.69) is 64.3 Å². The smallest absolute Gasteiger partial charge is 0.112 e. The second kappa shape index (κ2) is 6.86. The van der Waals surface area contributed by atoms with Gasteiger partial charge in [-0.25, -0.2) is 0 Å². The maximum Gasteiger partial charge on any atom is 0.112 e. The third kappa shape index (κ3) is 5.31. The summed E-state index contributed by atoms with van der Waals surface area (Å²) >= 11 is 0. The van der Waals surface area contributed by atoms with Crippen molar-refractivity contribution in [3.63, 3.8) is 0 Å². The molecule has 0 aliphatic carbocycles. The van der Waals surface area contributed by atoms with E-state index < -0.39 is 24.5 Å². The molecule has 0 unspecified atom stereocenters. The highest BCUT2D eigenvalue weighted by atomic mass is 28.4. The van der Waals surface area contributed by atoms with Gasteiger partial charge in [-0.15, -0.1) is 0 Å². The summed E-state index contributed by atoms with van der Waals surface area (Å²) in [6, 6.07) is 5.97. The highest BCUT2D eigenvalue weighted by Crippen LogP contribution is 2.28. The highest BCUT2D eigenvalue weighted by molar-refractivity contribution is 6.89. The van der Waals surface area contributed by atoms with E-state index in [1.807, 2.05) is 0 Å². The molecule has 0 aromatic carbocycles. The zero-order valence-electron chi connectivity index (χ0n) is 14.5. The second-order valence-electron chi connectivity index (χ2n) is 7.80. The Balaban J connectivity index is 4.83. The van der Waals surface area contributed by atoms with Crippen molar-refractivity contribution in [2.45, 2.75) is 84.2 Å². The van der Waals surface area contributed by atoms with E-state index >= 15 is 0 Å². The summed E-state index contributed by atoms with van der Waals surface area (Å²) < 4.78 is 2.97. The molecule has 0 amide bonds. The zero-order valence-corrected chi connectivity index (χ0v) is 17.5. The van der Waals surface area contributed by atoms with Gasteiger partial charge in [-0.05, 0) is 12.6 Å². The Morgan fingerprint density at radius 3 is 1.22 bits per heavy atom. The first kappa shape index (κ1) is 18.6. The molecular weight excluding hydrogens is 266 g/mol. The molecule has 0 aliphatic rings. The van der Waals surface area contributed by atoms with E-state index in [0.717, 1.165) is 0 Å². The number of nitrogens with zero attached hydrogens (tertiary/aromatic N) is 1. The van der Waals surface area contributed by atoms with Crippen LogP contribution in [0.15, 0.2) is 0 Å². The molecule has 0 heterocycles. The summed E-state index contributed by atoms with van der Waals surface area (Å²) in [5, 5.41) is 0. The lowest BCUT2D eigenvalue weighted by Crippen LogP contribution is -2.60. The van der Waals surface area contributed by atoms with Crippen LogP contribution in [0.4, 0.5) is 0 Å². The summed E-state index contributed by atoms with van der Waals surface area (Å²) in [5.74, 6) is 0. The van der Waals surface area contributed by atoms with Crippen LogP contribution in [-0.4, -0.2) is 35.3 Å². The van der Waals surface area contributed by atoms with Gasteiger partial charge in [0.05, 0.1) is 8.07 Å². The third-order valence-corrected chi connectivity index (χ3v) is 18.2. The van der Waals surface area contributed by atoms with Crippen LogP contribution in [-0.2, 0) is 0 Å². The molecule has 0 atom stereocenters. The van der Waals surface area contributed by atoms with Crippen molar-refractivity contribution in [1.29, 1.82) is 0 Å². The molecule has 1 nitrogen and oxygen atoms in total. The van der Waals surface area contributed by atoms with Crippen LogP contribution < -0.4 is 0 Å². The minimum Gasteiger partial charge on any atom is -0.346 e. The Kier molecular flexibility index (Phi) is 7.09. The summed E-state index contributed by atoms with van der Waals surface area (Å²) in [4.78, 5) is 0. The summed E-state index contributed by atoms with van der Waals surface area (Å²) in [5.41, 5.74) is 0. The Hall–Kier alpha value is 0.611. The molecule has 18 heavy (non-hydrogen) atoms.